The van der Waals surface area contributed by atoms with Crippen molar-refractivity contribution in [2.45, 2.75) is 52.6 Å². The van der Waals surface area contributed by atoms with Gasteiger partial charge in [0.25, 0.3) is 0 Å². The Morgan fingerprint density at radius 1 is 1.06 bits per heavy atom. The molecule has 3 unspecified atom stereocenters. The number of aliphatic hydroxyl groups is 1. The van der Waals surface area contributed by atoms with Crippen LogP contribution in [0.5, 0.6) is 0 Å². The zero-order chi connectivity index (χ0) is 12.2. The van der Waals surface area contributed by atoms with Gasteiger partial charge in [-0.1, -0.05) is 12.8 Å². The van der Waals surface area contributed by atoms with E-state index in [1.54, 1.807) is 0 Å². The SMILES string of the molecule is Cc1[nH]c(C(O)C2C3CCCCC32)c(C)c1C. The minimum Gasteiger partial charge on any atom is -0.387 e. The number of aliphatic hydroxyl groups excluding tert-OH is 1. The van der Waals surface area contributed by atoms with Gasteiger partial charge in [-0.05, 0) is 62.5 Å². The van der Waals surface area contributed by atoms with Crippen LogP contribution in [0.25, 0.3) is 0 Å². The quantitative estimate of drug-likeness (QED) is 0.807. The maximum Gasteiger partial charge on any atom is 0.0974 e. The average molecular weight is 233 g/mol. The second kappa shape index (κ2) is 3.88. The number of aromatic amines is 1. The highest BCUT2D eigenvalue weighted by atomic mass is 16.3. The van der Waals surface area contributed by atoms with Crippen LogP contribution in [0.1, 0.15) is 54.3 Å². The average Bonchev–Trinajstić information content (AvgIpc) is 3.01. The molecule has 1 heterocycles. The van der Waals surface area contributed by atoms with Gasteiger partial charge in [-0.25, -0.2) is 0 Å². The molecule has 0 aromatic carbocycles. The van der Waals surface area contributed by atoms with E-state index < -0.39 is 0 Å². The lowest BCUT2D eigenvalue weighted by atomic mass is 10.0. The summed E-state index contributed by atoms with van der Waals surface area (Å²) in [4.78, 5) is 3.39. The third-order valence-corrected chi connectivity index (χ3v) is 5.23. The predicted octanol–water partition coefficient (Wildman–Crippen LogP) is 3.41. The first-order chi connectivity index (χ1) is 8.11. The number of hydrogen-bond acceptors (Lipinski definition) is 1. The number of aryl methyl sites for hydroxylation is 1. The number of rotatable bonds is 2. The summed E-state index contributed by atoms with van der Waals surface area (Å²) in [7, 11) is 0. The second-order valence-electron chi connectivity index (χ2n) is 6.05. The molecule has 0 spiro atoms. The summed E-state index contributed by atoms with van der Waals surface area (Å²) in [5.74, 6) is 2.15. The number of aromatic nitrogens is 1. The summed E-state index contributed by atoms with van der Waals surface area (Å²) in [5.41, 5.74) is 4.86. The summed E-state index contributed by atoms with van der Waals surface area (Å²) in [6.45, 7) is 6.36. The molecule has 2 aliphatic carbocycles. The molecule has 2 N–H and O–H groups in total. The Balaban J connectivity index is 1.82. The van der Waals surface area contributed by atoms with Gasteiger partial charge in [-0.2, -0.15) is 0 Å². The Labute approximate surface area is 103 Å². The van der Waals surface area contributed by atoms with E-state index in [0.29, 0.717) is 5.92 Å². The van der Waals surface area contributed by atoms with E-state index in [9.17, 15) is 5.11 Å². The van der Waals surface area contributed by atoms with E-state index >= 15 is 0 Å². The Bertz CT molecular complexity index is 422. The van der Waals surface area contributed by atoms with Crippen LogP contribution in [0.4, 0.5) is 0 Å². The van der Waals surface area contributed by atoms with Gasteiger partial charge in [-0.15, -0.1) is 0 Å². The third kappa shape index (κ3) is 1.65. The largest absolute Gasteiger partial charge is 0.387 e. The van der Waals surface area contributed by atoms with Crippen molar-refractivity contribution >= 4 is 0 Å². The zero-order valence-corrected chi connectivity index (χ0v) is 11.1. The van der Waals surface area contributed by atoms with E-state index in [1.807, 2.05) is 0 Å². The van der Waals surface area contributed by atoms with Crippen LogP contribution in [0, 0.1) is 38.5 Å². The maximum absolute atomic E-state index is 10.6. The Kier molecular flexibility index (Phi) is 2.58. The van der Waals surface area contributed by atoms with Crippen LogP contribution in [-0.4, -0.2) is 10.1 Å². The highest BCUT2D eigenvalue weighted by molar-refractivity contribution is 5.36. The summed E-state index contributed by atoms with van der Waals surface area (Å²) >= 11 is 0. The topological polar surface area (TPSA) is 36.0 Å². The lowest BCUT2D eigenvalue weighted by Crippen LogP contribution is -2.04. The van der Waals surface area contributed by atoms with Crippen LogP contribution < -0.4 is 0 Å². The molecule has 0 saturated heterocycles. The molecule has 2 saturated carbocycles. The van der Waals surface area contributed by atoms with Crippen LogP contribution in [0.3, 0.4) is 0 Å². The van der Waals surface area contributed by atoms with Crippen molar-refractivity contribution < 1.29 is 5.11 Å². The summed E-state index contributed by atoms with van der Waals surface area (Å²) in [6.07, 6.45) is 5.16. The molecule has 3 rings (SSSR count). The molecule has 0 radical (unpaired) electrons. The Morgan fingerprint density at radius 2 is 1.65 bits per heavy atom. The molecule has 2 nitrogen and oxygen atoms in total. The minimum absolute atomic E-state index is 0.254. The monoisotopic (exact) mass is 233 g/mol. The third-order valence-electron chi connectivity index (χ3n) is 5.23. The molecule has 2 aliphatic rings. The smallest absolute Gasteiger partial charge is 0.0974 e. The maximum atomic E-state index is 10.6. The number of H-pyrrole nitrogens is 1. The van der Waals surface area contributed by atoms with Gasteiger partial charge >= 0.3 is 0 Å². The first-order valence-electron chi connectivity index (χ1n) is 6.95. The fourth-order valence-electron chi connectivity index (χ4n) is 3.88. The normalized spacial score (nSPS) is 33.3. The molecule has 3 atom stereocenters. The van der Waals surface area contributed by atoms with Gasteiger partial charge < -0.3 is 10.1 Å². The van der Waals surface area contributed by atoms with Gasteiger partial charge in [0.1, 0.15) is 0 Å². The molecule has 0 aliphatic heterocycles. The van der Waals surface area contributed by atoms with Crippen molar-refractivity contribution in [1.29, 1.82) is 0 Å². The second-order valence-corrected chi connectivity index (χ2v) is 6.05. The van der Waals surface area contributed by atoms with Crippen molar-refractivity contribution in [2.24, 2.45) is 17.8 Å². The number of hydrogen-bond donors (Lipinski definition) is 2. The van der Waals surface area contributed by atoms with Crippen molar-refractivity contribution in [1.82, 2.24) is 4.98 Å². The van der Waals surface area contributed by atoms with E-state index in [0.717, 1.165) is 17.5 Å². The molecular weight excluding hydrogens is 210 g/mol. The lowest BCUT2D eigenvalue weighted by Gasteiger charge is -2.10. The predicted molar refractivity (Wildman–Crippen MR) is 68.9 cm³/mol. The zero-order valence-electron chi connectivity index (χ0n) is 11.1. The minimum atomic E-state index is -0.254. The first kappa shape index (κ1) is 11.3. The van der Waals surface area contributed by atoms with Crippen LogP contribution in [0.2, 0.25) is 0 Å². The fourth-order valence-corrected chi connectivity index (χ4v) is 3.88. The van der Waals surface area contributed by atoms with Crippen LogP contribution >= 0.6 is 0 Å². The summed E-state index contributed by atoms with van der Waals surface area (Å²) in [6, 6.07) is 0. The molecule has 0 bridgehead atoms. The molecule has 1 aromatic rings. The summed E-state index contributed by atoms with van der Waals surface area (Å²) in [5, 5.41) is 10.6. The number of fused-ring (bicyclic) bond motifs is 1. The molecule has 2 heteroatoms. The van der Waals surface area contributed by atoms with E-state index in [-0.39, 0.29) is 6.10 Å². The Hall–Kier alpha value is -0.760. The van der Waals surface area contributed by atoms with E-state index in [2.05, 4.69) is 25.8 Å². The van der Waals surface area contributed by atoms with Gasteiger partial charge in [0.05, 0.1) is 6.10 Å². The molecular formula is C15H23NO. The van der Waals surface area contributed by atoms with Gasteiger partial charge in [0.2, 0.25) is 0 Å². The van der Waals surface area contributed by atoms with Crippen molar-refractivity contribution in [3.63, 3.8) is 0 Å². The van der Waals surface area contributed by atoms with E-state index in [4.69, 9.17) is 0 Å². The van der Waals surface area contributed by atoms with Gasteiger partial charge in [0.15, 0.2) is 0 Å². The van der Waals surface area contributed by atoms with Crippen molar-refractivity contribution in [3.05, 3.63) is 22.5 Å². The molecule has 2 fully saturated rings. The van der Waals surface area contributed by atoms with Crippen LogP contribution in [-0.2, 0) is 0 Å². The highest BCUT2D eigenvalue weighted by Crippen LogP contribution is 2.60. The fraction of sp³-hybridized carbons (Fsp3) is 0.733. The van der Waals surface area contributed by atoms with Crippen LogP contribution in [0.15, 0.2) is 0 Å². The van der Waals surface area contributed by atoms with Gasteiger partial charge in [0, 0.05) is 11.4 Å². The first-order valence-corrected chi connectivity index (χ1v) is 6.95. The number of nitrogens with one attached hydrogen (secondary N) is 1. The summed E-state index contributed by atoms with van der Waals surface area (Å²) < 4.78 is 0. The van der Waals surface area contributed by atoms with Gasteiger partial charge in [-0.3, -0.25) is 0 Å². The molecule has 1 aromatic heterocycles. The highest BCUT2D eigenvalue weighted by Gasteiger charge is 2.54. The van der Waals surface area contributed by atoms with Crippen molar-refractivity contribution in [3.8, 4) is 0 Å². The lowest BCUT2D eigenvalue weighted by molar-refractivity contribution is 0.137. The molecule has 17 heavy (non-hydrogen) atoms. The standard InChI is InChI=1S/C15H23NO/c1-8-9(2)14(16-10(8)3)15(17)13-11-6-4-5-7-12(11)13/h11-13,15-17H,4-7H2,1-3H3. The molecule has 94 valence electrons. The Morgan fingerprint density at radius 3 is 2.12 bits per heavy atom. The van der Waals surface area contributed by atoms with E-state index in [1.165, 1.54) is 42.5 Å². The van der Waals surface area contributed by atoms with Crippen molar-refractivity contribution in [2.75, 3.05) is 0 Å². The molecule has 0 amide bonds.